The Morgan fingerprint density at radius 3 is 2.86 bits per heavy atom. The van der Waals surface area contributed by atoms with Crippen molar-refractivity contribution in [3.05, 3.63) is 40.9 Å². The Bertz CT molecular complexity index is 626. The summed E-state index contributed by atoms with van der Waals surface area (Å²) in [5.41, 5.74) is 1.25. The van der Waals surface area contributed by atoms with Crippen LogP contribution >= 0.6 is 11.3 Å². The Kier molecular flexibility index (Phi) is 4.83. The molecule has 2 atom stereocenters. The molecule has 22 heavy (non-hydrogen) atoms. The molecular formula is C17H21N3OS. The van der Waals surface area contributed by atoms with E-state index in [1.807, 2.05) is 18.2 Å². The molecule has 116 valence electrons. The molecule has 1 aliphatic carbocycles. The van der Waals surface area contributed by atoms with Gasteiger partial charge in [-0.3, -0.25) is 4.79 Å². The average molecular weight is 315 g/mol. The van der Waals surface area contributed by atoms with Crippen LogP contribution in [-0.2, 0) is 11.2 Å². The van der Waals surface area contributed by atoms with Crippen molar-refractivity contribution in [2.75, 3.05) is 5.32 Å². The van der Waals surface area contributed by atoms with Crippen LogP contribution in [0.3, 0.4) is 0 Å². The van der Waals surface area contributed by atoms with Gasteiger partial charge in [0.25, 0.3) is 0 Å². The Morgan fingerprint density at radius 2 is 2.09 bits per heavy atom. The molecule has 1 saturated carbocycles. The highest BCUT2D eigenvalue weighted by Gasteiger charge is 2.44. The molecule has 2 unspecified atom stereocenters. The van der Waals surface area contributed by atoms with E-state index in [1.54, 1.807) is 0 Å². The van der Waals surface area contributed by atoms with Crippen molar-refractivity contribution in [3.63, 3.8) is 0 Å². The summed E-state index contributed by atoms with van der Waals surface area (Å²) in [5, 5.41) is 12.8. The minimum Gasteiger partial charge on any atom is -0.300 e. The van der Waals surface area contributed by atoms with E-state index in [4.69, 9.17) is 0 Å². The van der Waals surface area contributed by atoms with Crippen LogP contribution in [0, 0.1) is 5.92 Å². The number of anilines is 1. The maximum atomic E-state index is 12.3. The van der Waals surface area contributed by atoms with Crippen molar-refractivity contribution in [2.24, 2.45) is 5.92 Å². The van der Waals surface area contributed by atoms with Gasteiger partial charge in [0, 0.05) is 12.3 Å². The van der Waals surface area contributed by atoms with Crippen LogP contribution in [0.25, 0.3) is 0 Å². The molecule has 1 amide bonds. The number of carbonyl (C=O) groups is 1. The molecule has 4 nitrogen and oxygen atoms in total. The molecule has 1 N–H and O–H groups in total. The predicted octanol–water partition coefficient (Wildman–Crippen LogP) is 4.01. The highest BCUT2D eigenvalue weighted by Crippen LogP contribution is 2.47. The van der Waals surface area contributed by atoms with Crippen LogP contribution in [0.5, 0.6) is 0 Å². The number of nitrogens with one attached hydrogen (secondary N) is 1. The van der Waals surface area contributed by atoms with Gasteiger partial charge in [0.05, 0.1) is 0 Å². The van der Waals surface area contributed by atoms with Gasteiger partial charge < -0.3 is 5.32 Å². The second-order valence-electron chi connectivity index (χ2n) is 5.81. The van der Waals surface area contributed by atoms with Crippen molar-refractivity contribution in [3.8, 4) is 0 Å². The van der Waals surface area contributed by atoms with Crippen LogP contribution in [0.15, 0.2) is 30.3 Å². The quantitative estimate of drug-likeness (QED) is 0.785. The number of unbranched alkanes of at least 4 members (excludes halogenated alkanes) is 2. The molecule has 0 spiro atoms. The molecule has 1 aliphatic rings. The molecule has 1 fully saturated rings. The highest BCUT2D eigenvalue weighted by molar-refractivity contribution is 7.15. The highest BCUT2D eigenvalue weighted by atomic mass is 32.1. The second-order valence-corrected chi connectivity index (χ2v) is 6.87. The second kappa shape index (κ2) is 7.01. The monoisotopic (exact) mass is 315 g/mol. The number of nitrogens with zero attached hydrogens (tertiary/aromatic N) is 2. The number of aromatic nitrogens is 2. The number of benzene rings is 1. The number of rotatable bonds is 7. The standard InChI is InChI=1S/C17H21N3OS/c1-2-3-5-10-15-19-20-17(22-15)18-16(21)14-11-13(14)12-8-6-4-7-9-12/h4,6-9,13-14H,2-3,5,10-11H2,1H3,(H,18,20,21). The number of hydrogen-bond acceptors (Lipinski definition) is 4. The topological polar surface area (TPSA) is 54.9 Å². The van der Waals surface area contributed by atoms with Gasteiger partial charge in [-0.25, -0.2) is 0 Å². The lowest BCUT2D eigenvalue weighted by atomic mass is 10.1. The number of aryl methyl sites for hydroxylation is 1. The Labute approximate surface area is 135 Å². The fraction of sp³-hybridized carbons (Fsp3) is 0.471. The SMILES string of the molecule is CCCCCc1nnc(NC(=O)C2CC2c2ccccc2)s1. The van der Waals surface area contributed by atoms with Crippen LogP contribution in [0.4, 0.5) is 5.13 Å². The number of amides is 1. The molecule has 1 aromatic carbocycles. The molecule has 0 radical (unpaired) electrons. The van der Waals surface area contributed by atoms with Crippen molar-refractivity contribution >= 4 is 22.4 Å². The fourth-order valence-corrected chi connectivity index (χ4v) is 3.47. The van der Waals surface area contributed by atoms with Crippen LogP contribution < -0.4 is 5.32 Å². The van der Waals surface area contributed by atoms with Gasteiger partial charge >= 0.3 is 0 Å². The fourth-order valence-electron chi connectivity index (χ4n) is 2.68. The van der Waals surface area contributed by atoms with E-state index in [0.717, 1.165) is 24.3 Å². The summed E-state index contributed by atoms with van der Waals surface area (Å²) in [6.07, 6.45) is 5.43. The Morgan fingerprint density at radius 1 is 1.27 bits per heavy atom. The maximum absolute atomic E-state index is 12.3. The molecule has 5 heteroatoms. The summed E-state index contributed by atoms with van der Waals surface area (Å²) in [7, 11) is 0. The molecule has 0 bridgehead atoms. The van der Waals surface area contributed by atoms with Gasteiger partial charge in [-0.05, 0) is 24.3 Å². The number of hydrogen-bond donors (Lipinski definition) is 1. The number of carbonyl (C=O) groups excluding carboxylic acids is 1. The van der Waals surface area contributed by atoms with Gasteiger partial charge in [0.1, 0.15) is 5.01 Å². The predicted molar refractivity (Wildman–Crippen MR) is 89.1 cm³/mol. The molecule has 1 heterocycles. The summed E-state index contributed by atoms with van der Waals surface area (Å²) >= 11 is 1.50. The summed E-state index contributed by atoms with van der Waals surface area (Å²) in [5.74, 6) is 0.512. The van der Waals surface area contributed by atoms with Crippen molar-refractivity contribution in [1.82, 2.24) is 10.2 Å². The zero-order valence-electron chi connectivity index (χ0n) is 12.8. The van der Waals surface area contributed by atoms with Gasteiger partial charge in [0.2, 0.25) is 11.0 Å². The Hall–Kier alpha value is -1.75. The van der Waals surface area contributed by atoms with Crippen molar-refractivity contribution in [2.45, 2.75) is 44.9 Å². The van der Waals surface area contributed by atoms with Crippen molar-refractivity contribution in [1.29, 1.82) is 0 Å². The third-order valence-electron chi connectivity index (χ3n) is 4.05. The van der Waals surface area contributed by atoms with E-state index in [1.165, 1.54) is 29.7 Å². The van der Waals surface area contributed by atoms with E-state index in [-0.39, 0.29) is 11.8 Å². The van der Waals surface area contributed by atoms with Gasteiger partial charge in [-0.1, -0.05) is 61.4 Å². The molecule has 3 rings (SSSR count). The normalized spacial score (nSPS) is 19.9. The Balaban J connectivity index is 1.51. The first-order valence-electron chi connectivity index (χ1n) is 7.96. The zero-order chi connectivity index (χ0) is 15.4. The third-order valence-corrected chi connectivity index (χ3v) is 4.94. The van der Waals surface area contributed by atoms with E-state index in [2.05, 4.69) is 34.6 Å². The minimum atomic E-state index is 0.0742. The lowest BCUT2D eigenvalue weighted by molar-refractivity contribution is -0.117. The average Bonchev–Trinajstić information content (AvgIpc) is 3.23. The summed E-state index contributed by atoms with van der Waals surface area (Å²) in [4.78, 5) is 12.3. The largest absolute Gasteiger partial charge is 0.300 e. The molecule has 0 aliphatic heterocycles. The van der Waals surface area contributed by atoms with Gasteiger partial charge in [-0.15, -0.1) is 10.2 Å². The van der Waals surface area contributed by atoms with E-state index in [9.17, 15) is 4.79 Å². The van der Waals surface area contributed by atoms with Crippen LogP contribution in [0.1, 0.15) is 49.1 Å². The zero-order valence-corrected chi connectivity index (χ0v) is 13.6. The smallest absolute Gasteiger partial charge is 0.229 e. The lowest BCUT2D eigenvalue weighted by Gasteiger charge is -2.01. The van der Waals surface area contributed by atoms with Crippen LogP contribution in [-0.4, -0.2) is 16.1 Å². The summed E-state index contributed by atoms with van der Waals surface area (Å²) in [6, 6.07) is 10.2. The molecular weight excluding hydrogens is 294 g/mol. The van der Waals surface area contributed by atoms with Gasteiger partial charge in [-0.2, -0.15) is 0 Å². The third kappa shape index (κ3) is 3.71. The summed E-state index contributed by atoms with van der Waals surface area (Å²) in [6.45, 7) is 2.19. The first kappa shape index (κ1) is 15.2. The first-order chi connectivity index (χ1) is 10.8. The van der Waals surface area contributed by atoms with Crippen molar-refractivity contribution < 1.29 is 4.79 Å². The van der Waals surface area contributed by atoms with E-state index in [0.29, 0.717) is 11.0 Å². The van der Waals surface area contributed by atoms with Crippen LogP contribution in [0.2, 0.25) is 0 Å². The van der Waals surface area contributed by atoms with E-state index < -0.39 is 0 Å². The molecule has 2 aromatic rings. The maximum Gasteiger partial charge on any atom is 0.229 e. The first-order valence-corrected chi connectivity index (χ1v) is 8.77. The van der Waals surface area contributed by atoms with Gasteiger partial charge in [0.15, 0.2) is 0 Å². The summed E-state index contributed by atoms with van der Waals surface area (Å²) < 4.78 is 0. The molecule has 1 aromatic heterocycles. The lowest BCUT2D eigenvalue weighted by Crippen LogP contribution is -2.14. The van der Waals surface area contributed by atoms with E-state index >= 15 is 0 Å². The molecule has 0 saturated heterocycles. The minimum absolute atomic E-state index is 0.0742.